The second-order valence-electron chi connectivity index (χ2n) is 17.8. The van der Waals surface area contributed by atoms with Gasteiger partial charge in [-0.1, -0.05) is 57.5 Å². The van der Waals surface area contributed by atoms with Gasteiger partial charge in [-0.05, 0) is 93.4 Å². The average Bonchev–Trinajstić information content (AvgIpc) is 3.94. The molecule has 2 amide bonds. The summed E-state index contributed by atoms with van der Waals surface area (Å²) in [6.45, 7) is 11.4. The van der Waals surface area contributed by atoms with Crippen LogP contribution in [0.2, 0.25) is 0 Å². The highest BCUT2D eigenvalue weighted by atomic mass is 32.2. The van der Waals surface area contributed by atoms with Crippen molar-refractivity contribution in [3.63, 3.8) is 0 Å². The lowest BCUT2D eigenvalue weighted by molar-refractivity contribution is -0.193. The van der Waals surface area contributed by atoms with Gasteiger partial charge in [-0.2, -0.15) is 38.1 Å². The fraction of sp³-hybridized carbons (Fsp3) is 0.542. The number of Topliss-reactive ketones (excluding diaryl/α,β-unsaturated/α-hetero) is 2. The highest BCUT2D eigenvalue weighted by Gasteiger charge is 2.40. The molecule has 0 bridgehead atoms. The van der Waals surface area contributed by atoms with E-state index in [1.54, 1.807) is 0 Å². The van der Waals surface area contributed by atoms with Crippen LogP contribution in [0.15, 0.2) is 60.8 Å². The molecule has 3 aromatic rings. The Morgan fingerprint density at radius 1 is 0.900 bits per heavy atom. The summed E-state index contributed by atoms with van der Waals surface area (Å²) in [5.74, 6) is -6.10. The predicted molar refractivity (Wildman–Crippen MR) is 248 cm³/mol. The average molecular weight is 1020 g/mol. The van der Waals surface area contributed by atoms with Crippen LogP contribution in [-0.4, -0.2) is 112 Å². The van der Waals surface area contributed by atoms with Gasteiger partial charge in [0.1, 0.15) is 23.2 Å². The van der Waals surface area contributed by atoms with E-state index in [0.717, 1.165) is 55.7 Å². The summed E-state index contributed by atoms with van der Waals surface area (Å²) in [7, 11) is 0. The molecule has 2 aromatic carbocycles. The van der Waals surface area contributed by atoms with E-state index in [9.17, 15) is 49.9 Å². The number of aromatic nitrogens is 1. The molecule has 1 unspecified atom stereocenters. The Bertz CT molecular complexity index is 2140. The summed E-state index contributed by atoms with van der Waals surface area (Å²) < 4.78 is 95.1. The Hall–Kier alpha value is -5.35. The number of hydrogen-bond donors (Lipinski definition) is 5. The maximum Gasteiger partial charge on any atom is 0.490 e. The standard InChI is InChI=1S/C44H61F2N5O4S.2C2HF3O2/c1-31(52)23-34(13-8-9-19-47)40(53)14-10-20-49-41(54)18-22-56-30-42(55)51(28-33-17-21-48-26-33)43(44(2,3)4)39-24-35(37-25-36(45)15-16-38(37)46)29-50(39)27-32-11-6-5-7-12-32;2*3-2(4,5)1(6)7/h5-7,11-12,15-16,24-25,29,33-34,43,48H,8-10,13-14,17-23,26-28,30,47H2,1-4H3,(H,49,54);2*(H,6,7)/t33?,34-,43+;;/m1../s1. The zero-order chi connectivity index (χ0) is 52.8. The first-order valence-corrected chi connectivity index (χ1v) is 23.7. The highest BCUT2D eigenvalue weighted by molar-refractivity contribution is 7.99. The van der Waals surface area contributed by atoms with Crippen LogP contribution in [0.4, 0.5) is 35.1 Å². The van der Waals surface area contributed by atoms with Crippen molar-refractivity contribution in [2.75, 3.05) is 44.2 Å². The lowest BCUT2D eigenvalue weighted by Crippen LogP contribution is -2.45. The van der Waals surface area contributed by atoms with Gasteiger partial charge in [-0.3, -0.25) is 14.4 Å². The Morgan fingerprint density at radius 2 is 1.53 bits per heavy atom. The first kappa shape index (κ1) is 60.8. The normalized spacial score (nSPS) is 14.6. The van der Waals surface area contributed by atoms with Gasteiger partial charge in [0.15, 0.2) is 0 Å². The summed E-state index contributed by atoms with van der Waals surface area (Å²) in [5, 5.41) is 20.6. The van der Waals surface area contributed by atoms with Crippen LogP contribution in [0.3, 0.4) is 0 Å². The number of aliphatic carboxylic acids is 2. The number of hydrogen-bond acceptors (Lipinski definition) is 9. The number of nitrogens with zero attached hydrogens (tertiary/aromatic N) is 2. The van der Waals surface area contributed by atoms with Crippen molar-refractivity contribution in [3.8, 4) is 11.1 Å². The van der Waals surface area contributed by atoms with Crippen LogP contribution in [-0.2, 0) is 35.3 Å². The molecule has 2 heterocycles. The zero-order valence-electron chi connectivity index (χ0n) is 39.6. The molecule has 6 N–H and O–H groups in total. The molecule has 1 fully saturated rings. The van der Waals surface area contributed by atoms with Gasteiger partial charge < -0.3 is 40.8 Å². The van der Waals surface area contributed by atoms with Crippen molar-refractivity contribution in [2.24, 2.45) is 23.0 Å². The van der Waals surface area contributed by atoms with Gasteiger partial charge >= 0.3 is 24.3 Å². The third-order valence-corrected chi connectivity index (χ3v) is 11.8. The number of nitrogens with two attached hydrogens (primary N) is 1. The number of amides is 2. The first-order chi connectivity index (χ1) is 32.6. The van der Waals surface area contributed by atoms with Crippen LogP contribution in [0, 0.1) is 28.9 Å². The number of ketones is 2. The number of carboxylic acid groups (broad SMARTS) is 2. The molecule has 4 rings (SSSR count). The summed E-state index contributed by atoms with van der Waals surface area (Å²) in [6.07, 6.45) is -3.81. The van der Waals surface area contributed by atoms with Crippen molar-refractivity contribution in [1.29, 1.82) is 0 Å². The van der Waals surface area contributed by atoms with E-state index in [1.807, 2.05) is 47.5 Å². The zero-order valence-corrected chi connectivity index (χ0v) is 40.4. The number of halogens is 8. The fourth-order valence-electron chi connectivity index (χ4n) is 7.56. The van der Waals surface area contributed by atoms with E-state index in [2.05, 4.69) is 36.0 Å². The molecule has 0 radical (unpaired) electrons. The number of carboxylic acids is 2. The van der Waals surface area contributed by atoms with Gasteiger partial charge in [0, 0.05) is 73.6 Å². The lowest BCUT2D eigenvalue weighted by atomic mass is 9.82. The minimum absolute atomic E-state index is 0.00247. The van der Waals surface area contributed by atoms with Gasteiger partial charge in [0.05, 0.1) is 11.8 Å². The molecule has 390 valence electrons. The van der Waals surface area contributed by atoms with E-state index in [4.69, 9.17) is 25.5 Å². The molecular weight excluding hydrogens is 959 g/mol. The smallest absolute Gasteiger partial charge is 0.475 e. The van der Waals surface area contributed by atoms with Crippen molar-refractivity contribution >= 4 is 47.1 Å². The molecule has 70 heavy (non-hydrogen) atoms. The number of rotatable bonds is 23. The van der Waals surface area contributed by atoms with E-state index in [1.165, 1.54) is 24.8 Å². The molecule has 0 saturated carbocycles. The van der Waals surface area contributed by atoms with Crippen molar-refractivity contribution in [2.45, 2.75) is 104 Å². The number of carbonyl (C=O) groups is 6. The van der Waals surface area contributed by atoms with Crippen molar-refractivity contribution in [1.82, 2.24) is 20.1 Å². The molecule has 0 spiro atoms. The number of alkyl halides is 6. The van der Waals surface area contributed by atoms with Crippen LogP contribution in [0.25, 0.3) is 11.1 Å². The molecule has 1 aliphatic heterocycles. The topological polar surface area (TPSA) is 201 Å². The second-order valence-corrected chi connectivity index (χ2v) is 18.9. The lowest BCUT2D eigenvalue weighted by Gasteiger charge is -2.42. The Kier molecular flexibility index (Phi) is 25.3. The SMILES string of the molecule is CC(=O)C[C@@H](CCCCN)C(=O)CCCNC(=O)CCSCC(=O)N(CC1CCNC1)[C@@H](c1cc(-c2cc(F)ccc2F)cn1Cc1ccccc1)C(C)(C)C.O=C(O)C(F)(F)F.O=C(O)C(F)(F)F. The third kappa shape index (κ3) is 22.2. The quantitative estimate of drug-likeness (QED) is 0.0450. The summed E-state index contributed by atoms with van der Waals surface area (Å²) in [4.78, 5) is 71.3. The maximum absolute atomic E-state index is 15.2. The number of unbranched alkanes of at least 4 members (excludes halogenated alkanes) is 1. The number of benzene rings is 2. The van der Waals surface area contributed by atoms with E-state index in [0.29, 0.717) is 56.8 Å². The van der Waals surface area contributed by atoms with Crippen LogP contribution >= 0.6 is 11.8 Å². The number of nitrogens with one attached hydrogen (secondary N) is 2. The Morgan fingerprint density at radius 3 is 2.07 bits per heavy atom. The minimum atomic E-state index is -5.08. The Balaban J connectivity index is 0.00000104. The van der Waals surface area contributed by atoms with E-state index in [-0.39, 0.29) is 59.4 Å². The largest absolute Gasteiger partial charge is 0.490 e. The molecule has 13 nitrogen and oxygen atoms in total. The van der Waals surface area contributed by atoms with Crippen molar-refractivity contribution < 1.29 is 74.1 Å². The molecular formula is C48H63F8N5O8S. The van der Waals surface area contributed by atoms with E-state index >= 15 is 4.39 Å². The Labute approximate surface area is 406 Å². The van der Waals surface area contributed by atoms with Gasteiger partial charge in [0.25, 0.3) is 0 Å². The van der Waals surface area contributed by atoms with Crippen LogP contribution in [0.5, 0.6) is 0 Å². The van der Waals surface area contributed by atoms with E-state index < -0.39 is 47.4 Å². The molecule has 1 aliphatic rings. The van der Waals surface area contributed by atoms with Crippen LogP contribution in [0.1, 0.15) is 96.4 Å². The maximum atomic E-state index is 15.2. The van der Waals surface area contributed by atoms with Gasteiger partial charge in [0.2, 0.25) is 11.8 Å². The van der Waals surface area contributed by atoms with Gasteiger partial charge in [-0.25, -0.2) is 18.4 Å². The highest BCUT2D eigenvalue weighted by Crippen LogP contribution is 2.42. The number of thioether (sulfide) groups is 1. The van der Waals surface area contributed by atoms with Crippen molar-refractivity contribution in [3.05, 3.63) is 83.7 Å². The summed E-state index contributed by atoms with van der Waals surface area (Å²) in [5.41, 5.74) is 7.74. The molecule has 1 aromatic heterocycles. The monoisotopic (exact) mass is 1020 g/mol. The predicted octanol–water partition coefficient (Wildman–Crippen LogP) is 8.59. The molecule has 3 atom stereocenters. The molecule has 22 heteroatoms. The van der Waals surface area contributed by atoms with Crippen LogP contribution < -0.4 is 16.4 Å². The minimum Gasteiger partial charge on any atom is -0.475 e. The first-order valence-electron chi connectivity index (χ1n) is 22.5. The third-order valence-electron chi connectivity index (χ3n) is 10.8. The second kappa shape index (κ2) is 29.1. The molecule has 0 aliphatic carbocycles. The summed E-state index contributed by atoms with van der Waals surface area (Å²) >= 11 is 1.41. The summed E-state index contributed by atoms with van der Waals surface area (Å²) in [6, 6.07) is 14.9. The van der Waals surface area contributed by atoms with Gasteiger partial charge in [-0.15, -0.1) is 0 Å². The molecule has 1 saturated heterocycles. The fourth-order valence-corrected chi connectivity index (χ4v) is 8.38. The number of carbonyl (C=O) groups excluding carboxylic acids is 4.